The molecule has 2 N–H and O–H groups in total. The predicted molar refractivity (Wildman–Crippen MR) is 83.0 cm³/mol. The van der Waals surface area contributed by atoms with Crippen LogP contribution in [-0.4, -0.2) is 4.98 Å². The average Bonchev–Trinajstić information content (AvgIpc) is 2.46. The van der Waals surface area contributed by atoms with E-state index < -0.39 is 0 Å². The van der Waals surface area contributed by atoms with E-state index in [0.29, 0.717) is 18.0 Å². The summed E-state index contributed by atoms with van der Waals surface area (Å²) in [5.41, 5.74) is 7.73. The maximum absolute atomic E-state index is 8.99. The van der Waals surface area contributed by atoms with Gasteiger partial charge in [0.25, 0.3) is 0 Å². The Morgan fingerprint density at radius 1 is 1.30 bits per heavy atom. The van der Waals surface area contributed by atoms with Crippen LogP contribution in [0.3, 0.4) is 0 Å². The monoisotopic (exact) mass is 395 g/mol. The highest BCUT2D eigenvalue weighted by Crippen LogP contribution is 2.35. The van der Waals surface area contributed by atoms with Crippen molar-refractivity contribution in [2.75, 3.05) is 0 Å². The molecule has 102 valence electrons. The van der Waals surface area contributed by atoms with Gasteiger partial charge in [0.15, 0.2) is 0 Å². The SMILES string of the molecule is N#Cc1ncccc1COc1c(Br)cc(CN)cc1Br. The summed E-state index contributed by atoms with van der Waals surface area (Å²) in [7, 11) is 0. The first kappa shape index (κ1) is 15.0. The molecule has 0 bridgehead atoms. The molecular formula is C14H11Br2N3O. The van der Waals surface area contributed by atoms with Gasteiger partial charge in [-0.1, -0.05) is 6.07 Å². The second kappa shape index (κ2) is 6.84. The molecule has 2 aromatic rings. The van der Waals surface area contributed by atoms with Crippen LogP contribution < -0.4 is 10.5 Å². The van der Waals surface area contributed by atoms with E-state index in [1.165, 1.54) is 0 Å². The van der Waals surface area contributed by atoms with Gasteiger partial charge in [-0.05, 0) is 55.6 Å². The van der Waals surface area contributed by atoms with Crippen molar-refractivity contribution in [3.8, 4) is 11.8 Å². The zero-order chi connectivity index (χ0) is 14.5. The number of benzene rings is 1. The lowest BCUT2D eigenvalue weighted by atomic mass is 10.2. The molecule has 0 radical (unpaired) electrons. The molecule has 0 atom stereocenters. The lowest BCUT2D eigenvalue weighted by molar-refractivity contribution is 0.301. The second-order valence-corrected chi connectivity index (χ2v) is 5.71. The number of pyridine rings is 1. The fraction of sp³-hybridized carbons (Fsp3) is 0.143. The van der Waals surface area contributed by atoms with Crippen molar-refractivity contribution in [1.82, 2.24) is 4.98 Å². The minimum Gasteiger partial charge on any atom is -0.486 e. The van der Waals surface area contributed by atoms with Crippen LogP contribution in [0.5, 0.6) is 5.75 Å². The molecule has 0 aliphatic rings. The normalized spacial score (nSPS) is 10.1. The highest BCUT2D eigenvalue weighted by atomic mass is 79.9. The zero-order valence-electron chi connectivity index (χ0n) is 10.4. The van der Waals surface area contributed by atoms with Gasteiger partial charge < -0.3 is 10.5 Å². The van der Waals surface area contributed by atoms with Gasteiger partial charge in [0, 0.05) is 18.3 Å². The number of hydrogen-bond donors (Lipinski definition) is 1. The Kier molecular flexibility index (Phi) is 5.12. The van der Waals surface area contributed by atoms with E-state index in [2.05, 4.69) is 36.8 Å². The molecule has 20 heavy (non-hydrogen) atoms. The number of halogens is 2. The van der Waals surface area contributed by atoms with Gasteiger partial charge in [-0.25, -0.2) is 4.98 Å². The first-order chi connectivity index (χ1) is 9.65. The molecule has 0 saturated heterocycles. The molecule has 2 rings (SSSR count). The summed E-state index contributed by atoms with van der Waals surface area (Å²) in [6.07, 6.45) is 1.59. The molecule has 0 fully saturated rings. The lowest BCUT2D eigenvalue weighted by Crippen LogP contribution is -2.02. The molecule has 1 aromatic carbocycles. The maximum Gasteiger partial charge on any atom is 0.148 e. The average molecular weight is 397 g/mol. The third-order valence-corrected chi connectivity index (χ3v) is 3.84. The van der Waals surface area contributed by atoms with Crippen LogP contribution in [0.1, 0.15) is 16.8 Å². The lowest BCUT2D eigenvalue weighted by Gasteiger charge is -2.12. The highest BCUT2D eigenvalue weighted by Gasteiger charge is 2.10. The Labute approximate surface area is 133 Å². The fourth-order valence-electron chi connectivity index (χ4n) is 1.67. The van der Waals surface area contributed by atoms with Gasteiger partial charge in [-0.15, -0.1) is 0 Å². The first-order valence-corrected chi connectivity index (χ1v) is 7.39. The van der Waals surface area contributed by atoms with E-state index in [-0.39, 0.29) is 6.61 Å². The largest absolute Gasteiger partial charge is 0.486 e. The number of rotatable bonds is 4. The smallest absolute Gasteiger partial charge is 0.148 e. The van der Waals surface area contributed by atoms with Gasteiger partial charge in [0.05, 0.1) is 8.95 Å². The predicted octanol–water partition coefficient (Wildman–Crippen LogP) is 3.52. The summed E-state index contributed by atoms with van der Waals surface area (Å²) in [5, 5.41) is 8.99. The quantitative estimate of drug-likeness (QED) is 0.858. The molecule has 1 heterocycles. The minimum absolute atomic E-state index is 0.274. The zero-order valence-corrected chi connectivity index (χ0v) is 13.6. The molecule has 1 aromatic heterocycles. The van der Waals surface area contributed by atoms with Gasteiger partial charge in [-0.2, -0.15) is 5.26 Å². The Morgan fingerprint density at radius 3 is 2.60 bits per heavy atom. The van der Waals surface area contributed by atoms with Crippen LogP contribution in [0.4, 0.5) is 0 Å². The van der Waals surface area contributed by atoms with E-state index in [9.17, 15) is 0 Å². The van der Waals surface area contributed by atoms with Crippen molar-refractivity contribution in [2.24, 2.45) is 5.73 Å². The molecule has 0 spiro atoms. The maximum atomic E-state index is 8.99. The Balaban J connectivity index is 2.22. The van der Waals surface area contributed by atoms with Crippen molar-refractivity contribution < 1.29 is 4.74 Å². The number of nitrogens with zero attached hydrogens (tertiary/aromatic N) is 2. The standard InChI is InChI=1S/C14H11Br2N3O/c15-11-4-9(6-17)5-12(16)14(11)20-8-10-2-1-3-19-13(10)7-18/h1-5H,6,8,17H2. The van der Waals surface area contributed by atoms with Crippen LogP contribution in [0.2, 0.25) is 0 Å². The Hall–Kier alpha value is -1.42. The third-order valence-electron chi connectivity index (χ3n) is 2.66. The molecule has 0 aliphatic carbocycles. The van der Waals surface area contributed by atoms with Crippen LogP contribution >= 0.6 is 31.9 Å². The number of hydrogen-bond acceptors (Lipinski definition) is 4. The topological polar surface area (TPSA) is 71.9 Å². The van der Waals surface area contributed by atoms with Crippen LogP contribution in [-0.2, 0) is 13.2 Å². The molecule has 6 heteroatoms. The highest BCUT2D eigenvalue weighted by molar-refractivity contribution is 9.11. The summed E-state index contributed by atoms with van der Waals surface area (Å²) in [6.45, 7) is 0.731. The van der Waals surface area contributed by atoms with Crippen LogP contribution in [0.15, 0.2) is 39.4 Å². The summed E-state index contributed by atoms with van der Waals surface area (Å²) >= 11 is 6.91. The fourth-order valence-corrected chi connectivity index (χ4v) is 3.18. The number of nitriles is 1. The van der Waals surface area contributed by atoms with Gasteiger partial charge in [0.1, 0.15) is 24.1 Å². The Morgan fingerprint density at radius 2 is 2.00 bits per heavy atom. The molecule has 4 nitrogen and oxygen atoms in total. The number of aromatic nitrogens is 1. The van der Waals surface area contributed by atoms with Gasteiger partial charge in [-0.3, -0.25) is 0 Å². The van der Waals surface area contributed by atoms with Crippen LogP contribution in [0, 0.1) is 11.3 Å². The van der Waals surface area contributed by atoms with Crippen molar-refractivity contribution in [3.05, 3.63) is 56.2 Å². The third kappa shape index (κ3) is 3.37. The number of nitrogens with two attached hydrogens (primary N) is 1. The molecule has 0 amide bonds. The van der Waals surface area contributed by atoms with E-state index in [1.807, 2.05) is 24.3 Å². The second-order valence-electron chi connectivity index (χ2n) is 4.00. The Bertz CT molecular complexity index is 645. The summed E-state index contributed by atoms with van der Waals surface area (Å²) in [4.78, 5) is 4.00. The molecular weight excluding hydrogens is 386 g/mol. The number of ether oxygens (including phenoxy) is 1. The van der Waals surface area contributed by atoms with Crippen molar-refractivity contribution in [2.45, 2.75) is 13.2 Å². The van der Waals surface area contributed by atoms with E-state index in [0.717, 1.165) is 20.1 Å². The van der Waals surface area contributed by atoms with Gasteiger partial charge in [0.2, 0.25) is 0 Å². The van der Waals surface area contributed by atoms with Crippen molar-refractivity contribution in [1.29, 1.82) is 5.26 Å². The van der Waals surface area contributed by atoms with E-state index in [1.54, 1.807) is 12.3 Å². The van der Waals surface area contributed by atoms with E-state index in [4.69, 9.17) is 15.7 Å². The summed E-state index contributed by atoms with van der Waals surface area (Å²) < 4.78 is 7.40. The van der Waals surface area contributed by atoms with Crippen molar-refractivity contribution in [3.63, 3.8) is 0 Å². The minimum atomic E-state index is 0.274. The van der Waals surface area contributed by atoms with E-state index >= 15 is 0 Å². The van der Waals surface area contributed by atoms with Gasteiger partial charge >= 0.3 is 0 Å². The molecule has 0 aliphatic heterocycles. The van der Waals surface area contributed by atoms with Crippen molar-refractivity contribution >= 4 is 31.9 Å². The summed E-state index contributed by atoms with van der Waals surface area (Å²) in [6, 6.07) is 9.47. The van der Waals surface area contributed by atoms with Crippen LogP contribution in [0.25, 0.3) is 0 Å². The summed E-state index contributed by atoms with van der Waals surface area (Å²) in [5.74, 6) is 0.676. The molecule has 0 saturated carbocycles. The first-order valence-electron chi connectivity index (χ1n) is 5.80. The molecule has 0 unspecified atom stereocenters.